The summed E-state index contributed by atoms with van der Waals surface area (Å²) in [4.78, 5) is 26.7. The first kappa shape index (κ1) is 21.1. The third-order valence-electron chi connectivity index (χ3n) is 5.34. The maximum absolute atomic E-state index is 12.9. The second kappa shape index (κ2) is 9.36. The summed E-state index contributed by atoms with van der Waals surface area (Å²) in [7, 11) is 0. The molecule has 0 unspecified atom stereocenters. The van der Waals surface area contributed by atoms with E-state index in [0.29, 0.717) is 11.1 Å². The van der Waals surface area contributed by atoms with Crippen LogP contribution in [0.15, 0.2) is 102 Å². The Kier molecular flexibility index (Phi) is 5.98. The number of benzene rings is 3. The van der Waals surface area contributed by atoms with Crippen LogP contribution in [0.4, 0.5) is 15.7 Å². The molecule has 3 aromatic carbocycles. The van der Waals surface area contributed by atoms with Crippen LogP contribution in [0, 0.1) is 0 Å². The predicted octanol–water partition coefficient (Wildman–Crippen LogP) is 8.14. The van der Waals surface area contributed by atoms with Gasteiger partial charge in [0.1, 0.15) is 10.0 Å². The fourth-order valence-electron chi connectivity index (χ4n) is 3.72. The topological polar surface area (TPSA) is 37.4 Å². The number of thiophene rings is 2. The number of allylic oxidation sites excluding steroid dienone is 1. The molecule has 0 aliphatic heterocycles. The molecule has 0 bridgehead atoms. The van der Waals surface area contributed by atoms with E-state index >= 15 is 0 Å². The zero-order valence-electron chi connectivity index (χ0n) is 17.5. The van der Waals surface area contributed by atoms with E-state index in [4.69, 9.17) is 0 Å². The number of aldehydes is 1. The van der Waals surface area contributed by atoms with E-state index in [9.17, 15) is 9.59 Å². The van der Waals surface area contributed by atoms with Crippen LogP contribution in [-0.4, -0.2) is 12.1 Å². The normalized spacial score (nSPS) is 11.2. The highest BCUT2D eigenvalue weighted by Gasteiger charge is 2.14. The minimum absolute atomic E-state index is 0.189. The van der Waals surface area contributed by atoms with Crippen LogP contribution in [0.1, 0.15) is 26.3 Å². The Labute approximate surface area is 199 Å². The molecule has 0 radical (unpaired) electrons. The number of rotatable bonds is 7. The SMILES string of the molecule is O=Cc1cc2ccccc2cc1C(=O)/C=C\c1ccc(N(c2cccs2)c2cccs2)cc1. The second-order valence-electron chi connectivity index (χ2n) is 7.43. The van der Waals surface area contributed by atoms with E-state index < -0.39 is 0 Å². The molecule has 5 rings (SSSR count). The molecule has 160 valence electrons. The molecule has 0 atom stereocenters. The molecular weight excluding hydrogens is 446 g/mol. The fraction of sp³-hybridized carbons (Fsp3) is 0. The maximum Gasteiger partial charge on any atom is 0.186 e. The van der Waals surface area contributed by atoms with Crippen molar-refractivity contribution in [3.8, 4) is 0 Å². The Hall–Kier alpha value is -3.80. The third kappa shape index (κ3) is 4.42. The number of ketones is 1. The van der Waals surface area contributed by atoms with E-state index in [0.717, 1.165) is 38.3 Å². The summed E-state index contributed by atoms with van der Waals surface area (Å²) in [6.45, 7) is 0. The molecule has 0 amide bonds. The Morgan fingerprint density at radius 1 is 0.758 bits per heavy atom. The van der Waals surface area contributed by atoms with Crippen LogP contribution in [0.5, 0.6) is 0 Å². The number of carbonyl (C=O) groups excluding carboxylic acids is 2. The number of carbonyl (C=O) groups is 2. The number of fused-ring (bicyclic) bond motifs is 1. The lowest BCUT2D eigenvalue weighted by Crippen LogP contribution is -2.06. The maximum atomic E-state index is 12.9. The molecule has 5 aromatic rings. The van der Waals surface area contributed by atoms with Crippen molar-refractivity contribution in [2.24, 2.45) is 0 Å². The zero-order valence-corrected chi connectivity index (χ0v) is 19.2. The van der Waals surface area contributed by atoms with Gasteiger partial charge >= 0.3 is 0 Å². The molecule has 0 saturated carbocycles. The monoisotopic (exact) mass is 465 g/mol. The van der Waals surface area contributed by atoms with Crippen molar-refractivity contribution >= 4 is 67.3 Å². The van der Waals surface area contributed by atoms with Gasteiger partial charge < -0.3 is 0 Å². The average molecular weight is 466 g/mol. The van der Waals surface area contributed by atoms with E-state index in [2.05, 4.69) is 39.9 Å². The lowest BCUT2D eigenvalue weighted by molar-refractivity contribution is 0.103. The Morgan fingerprint density at radius 3 is 1.97 bits per heavy atom. The number of nitrogens with zero attached hydrogens (tertiary/aromatic N) is 1. The first-order valence-corrected chi connectivity index (χ1v) is 12.2. The number of anilines is 3. The third-order valence-corrected chi connectivity index (χ3v) is 7.05. The van der Waals surface area contributed by atoms with Gasteiger partial charge in [-0.05, 0) is 81.7 Å². The summed E-state index contributed by atoms with van der Waals surface area (Å²) < 4.78 is 0. The Bertz CT molecular complexity index is 1400. The first-order valence-electron chi connectivity index (χ1n) is 10.4. The molecule has 0 aliphatic rings. The number of hydrogen-bond acceptors (Lipinski definition) is 5. The zero-order chi connectivity index (χ0) is 22.6. The summed E-state index contributed by atoms with van der Waals surface area (Å²) in [5.41, 5.74) is 2.79. The van der Waals surface area contributed by atoms with Crippen LogP contribution in [0.3, 0.4) is 0 Å². The summed E-state index contributed by atoms with van der Waals surface area (Å²) in [5.74, 6) is -0.189. The minimum Gasteiger partial charge on any atom is -0.298 e. The van der Waals surface area contributed by atoms with Gasteiger partial charge in [-0.15, -0.1) is 22.7 Å². The van der Waals surface area contributed by atoms with Gasteiger partial charge in [0.05, 0.1) is 0 Å². The van der Waals surface area contributed by atoms with Gasteiger partial charge in [-0.2, -0.15) is 0 Å². The molecule has 5 heteroatoms. The standard InChI is InChI=1S/C28H19NO2S2/c30-19-23-17-21-5-1-2-6-22(21)18-25(23)26(31)14-11-20-9-12-24(13-10-20)29(27-7-3-15-32-27)28-8-4-16-33-28/h1-19H/b14-11-. The molecule has 2 heterocycles. The van der Waals surface area contributed by atoms with E-state index in [1.54, 1.807) is 40.9 Å². The molecule has 0 saturated heterocycles. The Balaban J connectivity index is 1.40. The van der Waals surface area contributed by atoms with Crippen LogP contribution in [0.25, 0.3) is 16.8 Å². The molecule has 0 fully saturated rings. The van der Waals surface area contributed by atoms with Crippen LogP contribution in [-0.2, 0) is 0 Å². The summed E-state index contributed by atoms with van der Waals surface area (Å²) in [6, 6.07) is 27.7. The largest absolute Gasteiger partial charge is 0.298 e. The quantitative estimate of drug-likeness (QED) is 0.138. The average Bonchev–Trinajstić information content (AvgIpc) is 3.58. The van der Waals surface area contributed by atoms with Gasteiger partial charge in [-0.3, -0.25) is 14.5 Å². The van der Waals surface area contributed by atoms with Gasteiger partial charge in [0.2, 0.25) is 0 Å². The number of hydrogen-bond donors (Lipinski definition) is 0. The predicted molar refractivity (Wildman–Crippen MR) is 140 cm³/mol. The van der Waals surface area contributed by atoms with Crippen LogP contribution < -0.4 is 4.90 Å². The highest BCUT2D eigenvalue weighted by atomic mass is 32.1. The smallest absolute Gasteiger partial charge is 0.186 e. The van der Waals surface area contributed by atoms with E-state index in [1.165, 1.54) is 6.08 Å². The lowest BCUT2D eigenvalue weighted by atomic mass is 9.98. The molecule has 33 heavy (non-hydrogen) atoms. The van der Waals surface area contributed by atoms with Crippen molar-refractivity contribution in [2.45, 2.75) is 0 Å². The summed E-state index contributed by atoms with van der Waals surface area (Å²) >= 11 is 3.38. The highest BCUT2D eigenvalue weighted by molar-refractivity contribution is 7.16. The van der Waals surface area contributed by atoms with Crippen LogP contribution >= 0.6 is 22.7 Å². The van der Waals surface area contributed by atoms with Gasteiger partial charge in [0.25, 0.3) is 0 Å². The molecule has 0 N–H and O–H groups in total. The van der Waals surface area contributed by atoms with Gasteiger partial charge in [0, 0.05) is 16.8 Å². The molecule has 2 aromatic heterocycles. The summed E-state index contributed by atoms with van der Waals surface area (Å²) in [6.07, 6.45) is 4.06. The van der Waals surface area contributed by atoms with Crippen molar-refractivity contribution in [1.29, 1.82) is 0 Å². The second-order valence-corrected chi connectivity index (χ2v) is 9.28. The lowest BCUT2D eigenvalue weighted by Gasteiger charge is -2.21. The minimum atomic E-state index is -0.189. The van der Waals surface area contributed by atoms with E-state index in [-0.39, 0.29) is 5.78 Å². The van der Waals surface area contributed by atoms with Gasteiger partial charge in [0.15, 0.2) is 12.1 Å². The van der Waals surface area contributed by atoms with Crippen molar-refractivity contribution < 1.29 is 9.59 Å². The molecular formula is C28H19NO2S2. The highest BCUT2D eigenvalue weighted by Crippen LogP contribution is 2.39. The first-order chi connectivity index (χ1) is 16.2. The molecule has 0 aliphatic carbocycles. The summed E-state index contributed by atoms with van der Waals surface area (Å²) in [5, 5.41) is 8.31. The van der Waals surface area contributed by atoms with Crippen molar-refractivity contribution in [3.63, 3.8) is 0 Å². The van der Waals surface area contributed by atoms with E-state index in [1.807, 2.05) is 48.5 Å². The van der Waals surface area contributed by atoms with Crippen molar-refractivity contribution in [2.75, 3.05) is 4.90 Å². The molecule has 3 nitrogen and oxygen atoms in total. The molecule has 0 spiro atoms. The van der Waals surface area contributed by atoms with Crippen molar-refractivity contribution in [3.05, 3.63) is 118 Å². The van der Waals surface area contributed by atoms with Gasteiger partial charge in [-0.1, -0.05) is 42.5 Å². The fourth-order valence-corrected chi connectivity index (χ4v) is 5.31. The van der Waals surface area contributed by atoms with Crippen molar-refractivity contribution in [1.82, 2.24) is 0 Å². The van der Waals surface area contributed by atoms with Crippen LogP contribution in [0.2, 0.25) is 0 Å². The van der Waals surface area contributed by atoms with Gasteiger partial charge in [-0.25, -0.2) is 0 Å². The Morgan fingerprint density at radius 2 is 1.39 bits per heavy atom.